The number of carbonyl (C=O) groups excluding carboxylic acids is 1. The molecule has 1 saturated carbocycles. The molecule has 178 valence electrons. The first-order valence-corrected chi connectivity index (χ1v) is 11.3. The Hall–Kier alpha value is -3.65. The fourth-order valence-electron chi connectivity index (χ4n) is 3.91. The molecular weight excluding hydrogens is 434 g/mol. The summed E-state index contributed by atoms with van der Waals surface area (Å²) in [7, 11) is 0. The minimum Gasteiger partial charge on any atom is -0.480 e. The third-order valence-electron chi connectivity index (χ3n) is 6.36. The highest BCUT2D eigenvalue weighted by Gasteiger charge is 2.47. The molecule has 8 heteroatoms. The van der Waals surface area contributed by atoms with E-state index in [0.717, 1.165) is 29.5 Å². The highest BCUT2D eigenvalue weighted by Crippen LogP contribution is 2.40. The number of carbonyl (C=O) groups is 2. The molecule has 1 heterocycles. The number of hydrogen-bond acceptors (Lipinski definition) is 6. The van der Waals surface area contributed by atoms with Crippen LogP contribution < -0.4 is 10.6 Å². The van der Waals surface area contributed by atoms with Crippen molar-refractivity contribution in [2.75, 3.05) is 5.32 Å². The second-order valence-corrected chi connectivity index (χ2v) is 8.89. The summed E-state index contributed by atoms with van der Waals surface area (Å²) in [5.41, 5.74) is 2.63. The Kier molecular flexibility index (Phi) is 6.70. The minimum absolute atomic E-state index is 0.166. The molecule has 0 spiro atoms. The number of nitrogens with zero attached hydrogens (tertiary/aromatic N) is 1. The number of carboxylic acid groups (broad SMARTS) is 1. The van der Waals surface area contributed by atoms with Gasteiger partial charge in [-0.3, -0.25) is 15.4 Å². The van der Waals surface area contributed by atoms with Crippen molar-refractivity contribution < 1.29 is 24.0 Å². The van der Waals surface area contributed by atoms with Gasteiger partial charge in [-0.15, -0.1) is 0 Å². The van der Waals surface area contributed by atoms with Gasteiger partial charge >= 0.3 is 12.1 Å². The maximum Gasteiger partial charge on any atom is 0.412 e. The second kappa shape index (κ2) is 9.69. The first kappa shape index (κ1) is 23.5. The smallest absolute Gasteiger partial charge is 0.412 e. The number of aromatic nitrogens is 1. The summed E-state index contributed by atoms with van der Waals surface area (Å²) >= 11 is 0. The summed E-state index contributed by atoms with van der Waals surface area (Å²) in [5.74, 6) is -0.234. The number of benzene rings is 2. The lowest BCUT2D eigenvalue weighted by Crippen LogP contribution is -2.51. The Morgan fingerprint density at radius 1 is 1.18 bits per heavy atom. The fourth-order valence-corrected chi connectivity index (χ4v) is 3.91. The zero-order valence-corrected chi connectivity index (χ0v) is 19.5. The maximum absolute atomic E-state index is 12.5. The third kappa shape index (κ3) is 5.12. The molecule has 0 aliphatic heterocycles. The van der Waals surface area contributed by atoms with Gasteiger partial charge in [0.2, 0.25) is 0 Å². The van der Waals surface area contributed by atoms with Crippen LogP contribution in [0.15, 0.2) is 59.1 Å². The molecule has 1 aliphatic carbocycles. The van der Waals surface area contributed by atoms with Crippen LogP contribution >= 0.6 is 0 Å². The van der Waals surface area contributed by atoms with Gasteiger partial charge in [-0.1, -0.05) is 59.8 Å². The predicted octanol–water partition coefficient (Wildman–Crippen LogP) is 5.30. The van der Waals surface area contributed by atoms with E-state index < -0.39 is 23.7 Å². The average molecular weight is 464 g/mol. The van der Waals surface area contributed by atoms with Gasteiger partial charge < -0.3 is 14.4 Å². The van der Waals surface area contributed by atoms with Gasteiger partial charge in [0.05, 0.1) is 0 Å². The summed E-state index contributed by atoms with van der Waals surface area (Å²) in [6.45, 7) is 5.73. The Labute approximate surface area is 198 Å². The van der Waals surface area contributed by atoms with Crippen molar-refractivity contribution in [3.63, 3.8) is 0 Å². The highest BCUT2D eigenvalue weighted by molar-refractivity contribution is 5.90. The summed E-state index contributed by atoms with van der Waals surface area (Å²) in [6, 6.07) is 17.0. The normalized spacial score (nSPS) is 15.9. The molecule has 2 atom stereocenters. The van der Waals surface area contributed by atoms with Crippen molar-refractivity contribution >= 4 is 17.7 Å². The van der Waals surface area contributed by atoms with E-state index in [-0.39, 0.29) is 5.92 Å². The lowest BCUT2D eigenvalue weighted by molar-refractivity contribution is -0.145. The van der Waals surface area contributed by atoms with Crippen molar-refractivity contribution in [1.82, 2.24) is 10.5 Å². The summed E-state index contributed by atoms with van der Waals surface area (Å²) in [5, 5.41) is 19.6. The third-order valence-corrected chi connectivity index (χ3v) is 6.36. The van der Waals surface area contributed by atoms with Crippen LogP contribution in [0, 0.1) is 12.8 Å². The SMILES string of the molecule is Cc1noc(-c2ccc(CNC(C)(C(=O)O)C3CC3)cc2)c1NC(=O)O[C@H](C)c1ccccc1. The molecule has 1 aromatic heterocycles. The molecule has 1 fully saturated rings. The Morgan fingerprint density at radius 3 is 2.47 bits per heavy atom. The number of aliphatic carboxylic acids is 1. The zero-order valence-electron chi connectivity index (χ0n) is 19.5. The van der Waals surface area contributed by atoms with E-state index in [1.807, 2.05) is 61.5 Å². The van der Waals surface area contributed by atoms with E-state index in [4.69, 9.17) is 9.26 Å². The highest BCUT2D eigenvalue weighted by atomic mass is 16.6. The quantitative estimate of drug-likeness (QED) is 0.394. The number of nitrogens with one attached hydrogen (secondary N) is 2. The molecule has 3 aromatic rings. The van der Waals surface area contributed by atoms with Gasteiger partial charge in [0.15, 0.2) is 5.76 Å². The van der Waals surface area contributed by atoms with E-state index in [9.17, 15) is 14.7 Å². The second-order valence-electron chi connectivity index (χ2n) is 8.89. The van der Waals surface area contributed by atoms with Gasteiger partial charge in [0.1, 0.15) is 23.0 Å². The standard InChI is InChI=1S/C26H29N3O5/c1-16-22(28-25(32)33-17(2)19-7-5-4-6-8-19)23(34-29-16)20-11-9-18(10-12-20)15-27-26(3,24(30)31)21-13-14-21/h4-12,17,21,27H,13-15H2,1-3H3,(H,28,32)(H,30,31)/t17-,26?/m1/s1. The van der Waals surface area contributed by atoms with Crippen LogP contribution in [0.3, 0.4) is 0 Å². The molecule has 1 aliphatic rings. The largest absolute Gasteiger partial charge is 0.480 e. The molecule has 0 bridgehead atoms. The van der Waals surface area contributed by atoms with Crippen molar-refractivity contribution in [2.24, 2.45) is 5.92 Å². The Bertz CT molecular complexity index is 1150. The topological polar surface area (TPSA) is 114 Å². The van der Waals surface area contributed by atoms with Crippen LogP contribution in [-0.4, -0.2) is 27.9 Å². The number of ether oxygens (including phenoxy) is 1. The van der Waals surface area contributed by atoms with E-state index >= 15 is 0 Å². The minimum atomic E-state index is -0.922. The molecule has 2 aromatic carbocycles. The van der Waals surface area contributed by atoms with Crippen LogP contribution in [0.1, 0.15) is 49.6 Å². The molecule has 34 heavy (non-hydrogen) atoms. The molecule has 0 saturated heterocycles. The molecule has 8 nitrogen and oxygen atoms in total. The number of aryl methyl sites for hydroxylation is 1. The van der Waals surface area contributed by atoms with Crippen LogP contribution in [0.2, 0.25) is 0 Å². The van der Waals surface area contributed by atoms with Crippen LogP contribution in [0.25, 0.3) is 11.3 Å². The number of hydrogen-bond donors (Lipinski definition) is 3. The molecule has 3 N–H and O–H groups in total. The first-order valence-electron chi connectivity index (χ1n) is 11.3. The number of amides is 1. The van der Waals surface area contributed by atoms with E-state index in [0.29, 0.717) is 23.7 Å². The maximum atomic E-state index is 12.5. The van der Waals surface area contributed by atoms with Gasteiger partial charge in [0, 0.05) is 12.1 Å². The number of anilines is 1. The van der Waals surface area contributed by atoms with Gasteiger partial charge in [0.25, 0.3) is 0 Å². The van der Waals surface area contributed by atoms with Gasteiger partial charge in [-0.25, -0.2) is 4.79 Å². The van der Waals surface area contributed by atoms with E-state index in [1.165, 1.54) is 0 Å². The van der Waals surface area contributed by atoms with E-state index in [1.54, 1.807) is 13.8 Å². The zero-order chi connectivity index (χ0) is 24.3. The van der Waals surface area contributed by atoms with Crippen molar-refractivity contribution in [1.29, 1.82) is 0 Å². The van der Waals surface area contributed by atoms with Crippen molar-refractivity contribution in [2.45, 2.75) is 51.8 Å². The molecule has 1 amide bonds. The van der Waals surface area contributed by atoms with Crippen LogP contribution in [0.5, 0.6) is 0 Å². The van der Waals surface area contributed by atoms with Gasteiger partial charge in [-0.05, 0) is 50.7 Å². The molecule has 1 unspecified atom stereocenters. The predicted molar refractivity (Wildman–Crippen MR) is 127 cm³/mol. The lowest BCUT2D eigenvalue weighted by atomic mass is 9.95. The Balaban J connectivity index is 1.42. The average Bonchev–Trinajstić information content (AvgIpc) is 3.63. The van der Waals surface area contributed by atoms with Crippen LogP contribution in [0.4, 0.5) is 10.5 Å². The summed E-state index contributed by atoms with van der Waals surface area (Å²) < 4.78 is 11.0. The number of rotatable bonds is 9. The van der Waals surface area contributed by atoms with Crippen molar-refractivity contribution in [3.8, 4) is 11.3 Å². The molecular formula is C26H29N3O5. The Morgan fingerprint density at radius 2 is 1.85 bits per heavy atom. The molecule has 0 radical (unpaired) electrons. The van der Waals surface area contributed by atoms with Crippen molar-refractivity contribution in [3.05, 3.63) is 71.4 Å². The summed E-state index contributed by atoms with van der Waals surface area (Å²) in [6.07, 6.45) is 0.852. The van der Waals surface area contributed by atoms with Crippen LogP contribution in [-0.2, 0) is 16.1 Å². The summed E-state index contributed by atoms with van der Waals surface area (Å²) in [4.78, 5) is 24.2. The first-order chi connectivity index (χ1) is 16.3. The fraction of sp³-hybridized carbons (Fsp3) is 0.346. The lowest BCUT2D eigenvalue weighted by Gasteiger charge is -2.26. The number of carboxylic acids is 1. The van der Waals surface area contributed by atoms with Gasteiger partial charge in [-0.2, -0.15) is 0 Å². The monoisotopic (exact) mass is 463 g/mol. The van der Waals surface area contributed by atoms with E-state index in [2.05, 4.69) is 15.8 Å². The molecule has 4 rings (SSSR count).